The van der Waals surface area contributed by atoms with Crippen molar-refractivity contribution in [3.05, 3.63) is 36.3 Å². The smallest absolute Gasteiger partial charge is 0.267 e. The number of pyridine rings is 1. The van der Waals surface area contributed by atoms with Crippen LogP contribution in [0.25, 0.3) is 5.82 Å². The van der Waals surface area contributed by atoms with Crippen LogP contribution in [-0.4, -0.2) is 25.9 Å². The molecule has 0 fully saturated rings. The van der Waals surface area contributed by atoms with E-state index in [-0.39, 0.29) is 5.69 Å². The standard InChI is InChI=1S/C8H7N5O/c9-8(14)6-2-1-3-7(12-6)13-10-4-5-11-13/h1-5H,(H2,9,14). The molecular weight excluding hydrogens is 182 g/mol. The molecule has 0 saturated carbocycles. The summed E-state index contributed by atoms with van der Waals surface area (Å²) in [4.78, 5) is 16.1. The van der Waals surface area contributed by atoms with Crippen LogP contribution in [0.15, 0.2) is 30.6 Å². The summed E-state index contributed by atoms with van der Waals surface area (Å²) < 4.78 is 0. The lowest BCUT2D eigenvalue weighted by Crippen LogP contribution is -2.14. The second-order valence-corrected chi connectivity index (χ2v) is 2.56. The van der Waals surface area contributed by atoms with Gasteiger partial charge in [0.25, 0.3) is 5.91 Å². The number of carbonyl (C=O) groups excluding carboxylic acids is 1. The Morgan fingerprint density at radius 2 is 2.00 bits per heavy atom. The van der Waals surface area contributed by atoms with Gasteiger partial charge in [-0.3, -0.25) is 4.79 Å². The molecule has 1 amide bonds. The first-order valence-electron chi connectivity index (χ1n) is 3.91. The van der Waals surface area contributed by atoms with Gasteiger partial charge in [0.1, 0.15) is 5.69 Å². The third-order valence-corrected chi connectivity index (χ3v) is 1.61. The Morgan fingerprint density at radius 3 is 2.64 bits per heavy atom. The van der Waals surface area contributed by atoms with E-state index >= 15 is 0 Å². The number of aromatic nitrogens is 4. The summed E-state index contributed by atoms with van der Waals surface area (Å²) in [6.45, 7) is 0. The summed E-state index contributed by atoms with van der Waals surface area (Å²) in [6, 6.07) is 4.90. The molecule has 2 aromatic rings. The molecule has 2 heterocycles. The van der Waals surface area contributed by atoms with Crippen molar-refractivity contribution < 1.29 is 4.79 Å². The van der Waals surface area contributed by atoms with E-state index in [9.17, 15) is 4.79 Å². The molecule has 0 aromatic carbocycles. The molecule has 0 spiro atoms. The van der Waals surface area contributed by atoms with Crippen molar-refractivity contribution in [3.63, 3.8) is 0 Å². The van der Waals surface area contributed by atoms with Crippen molar-refractivity contribution in [2.75, 3.05) is 0 Å². The van der Waals surface area contributed by atoms with Crippen LogP contribution < -0.4 is 5.73 Å². The molecule has 0 radical (unpaired) electrons. The Morgan fingerprint density at radius 1 is 1.29 bits per heavy atom. The van der Waals surface area contributed by atoms with E-state index in [4.69, 9.17) is 5.73 Å². The van der Waals surface area contributed by atoms with Crippen LogP contribution in [0.3, 0.4) is 0 Å². The minimum atomic E-state index is -0.570. The molecule has 0 aliphatic carbocycles. The van der Waals surface area contributed by atoms with Gasteiger partial charge in [-0.2, -0.15) is 10.2 Å². The lowest BCUT2D eigenvalue weighted by molar-refractivity contribution is 0.0995. The Balaban J connectivity index is 2.46. The van der Waals surface area contributed by atoms with Crippen molar-refractivity contribution >= 4 is 5.91 Å². The van der Waals surface area contributed by atoms with Crippen molar-refractivity contribution in [1.82, 2.24) is 20.0 Å². The first kappa shape index (κ1) is 8.36. The first-order valence-corrected chi connectivity index (χ1v) is 3.91. The van der Waals surface area contributed by atoms with Gasteiger partial charge in [0.2, 0.25) is 0 Å². The summed E-state index contributed by atoms with van der Waals surface area (Å²) in [6.07, 6.45) is 3.05. The second-order valence-electron chi connectivity index (χ2n) is 2.56. The van der Waals surface area contributed by atoms with E-state index in [0.717, 1.165) is 0 Å². The number of nitrogens with zero attached hydrogens (tertiary/aromatic N) is 4. The third kappa shape index (κ3) is 1.45. The number of primary amides is 1. The normalized spacial score (nSPS) is 10.0. The van der Waals surface area contributed by atoms with Crippen molar-refractivity contribution in [2.45, 2.75) is 0 Å². The largest absolute Gasteiger partial charge is 0.364 e. The first-order chi connectivity index (χ1) is 6.77. The molecule has 6 heteroatoms. The Bertz CT molecular complexity index is 451. The quantitative estimate of drug-likeness (QED) is 0.706. The van der Waals surface area contributed by atoms with Crippen LogP contribution in [0.1, 0.15) is 10.5 Å². The third-order valence-electron chi connectivity index (χ3n) is 1.61. The van der Waals surface area contributed by atoms with Crippen molar-refractivity contribution in [2.24, 2.45) is 5.73 Å². The molecular formula is C8H7N5O. The number of nitrogens with two attached hydrogens (primary N) is 1. The number of hydrogen-bond acceptors (Lipinski definition) is 4. The molecule has 0 saturated heterocycles. The highest BCUT2D eigenvalue weighted by atomic mass is 16.1. The van der Waals surface area contributed by atoms with E-state index in [1.54, 1.807) is 12.1 Å². The molecule has 2 rings (SSSR count). The van der Waals surface area contributed by atoms with E-state index in [2.05, 4.69) is 15.2 Å². The molecule has 0 atom stereocenters. The van der Waals surface area contributed by atoms with Gasteiger partial charge >= 0.3 is 0 Å². The zero-order chi connectivity index (χ0) is 9.97. The van der Waals surface area contributed by atoms with Gasteiger partial charge in [-0.25, -0.2) is 4.98 Å². The lowest BCUT2D eigenvalue weighted by Gasteiger charge is -1.99. The van der Waals surface area contributed by atoms with Crippen LogP contribution in [-0.2, 0) is 0 Å². The van der Waals surface area contributed by atoms with E-state index < -0.39 is 5.91 Å². The van der Waals surface area contributed by atoms with Crippen molar-refractivity contribution in [1.29, 1.82) is 0 Å². The van der Waals surface area contributed by atoms with E-state index in [1.165, 1.54) is 23.3 Å². The molecule has 0 aliphatic heterocycles. The summed E-state index contributed by atoms with van der Waals surface area (Å²) in [7, 11) is 0. The monoisotopic (exact) mass is 189 g/mol. The van der Waals surface area contributed by atoms with Gasteiger partial charge in [0.05, 0.1) is 12.4 Å². The summed E-state index contributed by atoms with van der Waals surface area (Å²) in [5.41, 5.74) is 5.28. The number of carbonyl (C=O) groups is 1. The summed E-state index contributed by atoms with van der Waals surface area (Å²) in [5.74, 6) is -0.106. The number of rotatable bonds is 2. The zero-order valence-electron chi connectivity index (χ0n) is 7.16. The van der Waals surface area contributed by atoms with Gasteiger partial charge in [-0.15, -0.1) is 4.80 Å². The van der Waals surface area contributed by atoms with Crippen LogP contribution in [0, 0.1) is 0 Å². The van der Waals surface area contributed by atoms with Gasteiger partial charge in [-0.1, -0.05) is 6.07 Å². The van der Waals surface area contributed by atoms with Crippen LogP contribution in [0.4, 0.5) is 0 Å². The fourth-order valence-corrected chi connectivity index (χ4v) is 1.01. The van der Waals surface area contributed by atoms with E-state index in [0.29, 0.717) is 5.82 Å². The molecule has 6 nitrogen and oxygen atoms in total. The Hall–Kier alpha value is -2.24. The van der Waals surface area contributed by atoms with Gasteiger partial charge in [0.15, 0.2) is 5.82 Å². The molecule has 0 unspecified atom stereocenters. The molecule has 2 aromatic heterocycles. The predicted octanol–water partition coefficient (Wildman–Crippen LogP) is -0.239. The van der Waals surface area contributed by atoms with Crippen molar-refractivity contribution in [3.8, 4) is 5.82 Å². The fraction of sp³-hybridized carbons (Fsp3) is 0. The van der Waals surface area contributed by atoms with Crippen LogP contribution >= 0.6 is 0 Å². The maximum Gasteiger partial charge on any atom is 0.267 e. The number of amides is 1. The molecule has 0 bridgehead atoms. The topological polar surface area (TPSA) is 86.7 Å². The highest BCUT2D eigenvalue weighted by molar-refractivity contribution is 5.90. The Labute approximate surface area is 79.4 Å². The molecule has 0 aliphatic rings. The average Bonchev–Trinajstić information content (AvgIpc) is 2.71. The fourth-order valence-electron chi connectivity index (χ4n) is 1.01. The zero-order valence-corrected chi connectivity index (χ0v) is 7.16. The molecule has 70 valence electrons. The maximum absolute atomic E-state index is 10.8. The van der Waals surface area contributed by atoms with Crippen LogP contribution in [0.5, 0.6) is 0 Å². The highest BCUT2D eigenvalue weighted by Gasteiger charge is 2.04. The van der Waals surface area contributed by atoms with E-state index in [1.807, 2.05) is 0 Å². The maximum atomic E-state index is 10.8. The number of hydrogen-bond donors (Lipinski definition) is 1. The minimum Gasteiger partial charge on any atom is -0.364 e. The van der Waals surface area contributed by atoms with Gasteiger partial charge in [-0.05, 0) is 12.1 Å². The highest BCUT2D eigenvalue weighted by Crippen LogP contribution is 2.01. The van der Waals surface area contributed by atoms with Gasteiger partial charge < -0.3 is 5.73 Å². The molecule has 2 N–H and O–H groups in total. The average molecular weight is 189 g/mol. The molecule has 14 heavy (non-hydrogen) atoms. The predicted molar refractivity (Wildman–Crippen MR) is 47.7 cm³/mol. The van der Waals surface area contributed by atoms with Gasteiger partial charge in [0, 0.05) is 0 Å². The SMILES string of the molecule is NC(=O)c1cccc(-n2nccn2)n1. The lowest BCUT2D eigenvalue weighted by atomic mass is 10.3. The minimum absolute atomic E-state index is 0.194. The summed E-state index contributed by atoms with van der Waals surface area (Å²) >= 11 is 0. The Kier molecular flexibility index (Phi) is 1.94. The van der Waals surface area contributed by atoms with Crippen LogP contribution in [0.2, 0.25) is 0 Å². The second kappa shape index (κ2) is 3.25. The summed E-state index contributed by atoms with van der Waals surface area (Å²) in [5, 5.41) is 7.76.